The van der Waals surface area contributed by atoms with E-state index in [-0.39, 0.29) is 17.7 Å². The van der Waals surface area contributed by atoms with Crippen molar-refractivity contribution >= 4 is 34.2 Å². The Labute approximate surface area is 199 Å². The molecule has 0 spiro atoms. The summed E-state index contributed by atoms with van der Waals surface area (Å²) in [6, 6.07) is 22.7. The fourth-order valence-electron chi connectivity index (χ4n) is 3.64. The van der Waals surface area contributed by atoms with Gasteiger partial charge in [0.15, 0.2) is 5.82 Å². The van der Waals surface area contributed by atoms with E-state index < -0.39 is 0 Å². The Bertz CT molecular complexity index is 1310. The molecule has 1 aromatic heterocycles. The van der Waals surface area contributed by atoms with Crippen LogP contribution in [0.25, 0.3) is 10.9 Å². The molecule has 1 heterocycles. The monoisotopic (exact) mass is 456 g/mol. The highest BCUT2D eigenvalue weighted by atomic mass is 16.5. The number of fused-ring (bicyclic) bond motifs is 1. The summed E-state index contributed by atoms with van der Waals surface area (Å²) in [5, 5.41) is 8.46. The van der Waals surface area contributed by atoms with Crippen molar-refractivity contribution in [3.05, 3.63) is 83.9 Å². The van der Waals surface area contributed by atoms with Crippen LogP contribution in [0.4, 0.5) is 11.5 Å². The molecule has 34 heavy (non-hydrogen) atoms. The number of para-hydroxylation sites is 1. The van der Waals surface area contributed by atoms with Crippen LogP contribution in [0.1, 0.15) is 29.8 Å². The third kappa shape index (κ3) is 4.78. The molecule has 1 N–H and O–H groups in total. The lowest BCUT2D eigenvalue weighted by Gasteiger charge is -2.18. The standard InChI is InChI=1S/C27H28N4O3/c1-18(2)26(32)28-25-23-7-5-6-8-24(23)31(29-25)17-19-9-11-20(12-10-19)27(33)30(3)21-13-15-22(34-4)16-14-21/h5-16,18H,17H2,1-4H3,(H,28,29,32). The van der Waals surface area contributed by atoms with Crippen LogP contribution in [-0.4, -0.2) is 35.8 Å². The number of benzene rings is 3. The molecule has 0 saturated heterocycles. The average Bonchev–Trinajstić information content (AvgIpc) is 3.20. The number of anilines is 2. The summed E-state index contributed by atoms with van der Waals surface area (Å²) in [6.45, 7) is 4.22. The van der Waals surface area contributed by atoms with Gasteiger partial charge in [-0.3, -0.25) is 14.3 Å². The van der Waals surface area contributed by atoms with Crippen LogP contribution in [0.5, 0.6) is 5.75 Å². The van der Waals surface area contributed by atoms with Crippen LogP contribution in [0, 0.1) is 5.92 Å². The number of ether oxygens (including phenoxy) is 1. The van der Waals surface area contributed by atoms with Gasteiger partial charge in [0.1, 0.15) is 5.75 Å². The third-order valence-corrected chi connectivity index (χ3v) is 5.72. The van der Waals surface area contributed by atoms with Crippen molar-refractivity contribution in [2.75, 3.05) is 24.4 Å². The van der Waals surface area contributed by atoms with E-state index in [0.29, 0.717) is 17.9 Å². The van der Waals surface area contributed by atoms with Gasteiger partial charge in [0, 0.05) is 29.6 Å². The summed E-state index contributed by atoms with van der Waals surface area (Å²) in [5.74, 6) is 0.999. The van der Waals surface area contributed by atoms with Gasteiger partial charge in [-0.25, -0.2) is 0 Å². The summed E-state index contributed by atoms with van der Waals surface area (Å²) in [4.78, 5) is 26.8. The molecule has 0 saturated carbocycles. The topological polar surface area (TPSA) is 76.5 Å². The van der Waals surface area contributed by atoms with E-state index >= 15 is 0 Å². The first-order valence-corrected chi connectivity index (χ1v) is 11.1. The molecule has 0 fully saturated rings. The van der Waals surface area contributed by atoms with E-state index in [9.17, 15) is 9.59 Å². The second kappa shape index (κ2) is 9.79. The molecule has 0 bridgehead atoms. The number of carbonyl (C=O) groups is 2. The van der Waals surface area contributed by atoms with Crippen molar-refractivity contribution in [2.45, 2.75) is 20.4 Å². The van der Waals surface area contributed by atoms with Crippen LogP contribution in [0.2, 0.25) is 0 Å². The number of nitrogens with one attached hydrogen (secondary N) is 1. The largest absolute Gasteiger partial charge is 0.497 e. The molecule has 0 aliphatic heterocycles. The molecule has 0 aliphatic carbocycles. The number of rotatable bonds is 7. The number of hydrogen-bond donors (Lipinski definition) is 1. The number of hydrogen-bond acceptors (Lipinski definition) is 4. The maximum atomic E-state index is 12.9. The van der Waals surface area contributed by atoms with E-state index in [1.54, 1.807) is 19.1 Å². The second-order valence-electron chi connectivity index (χ2n) is 8.43. The van der Waals surface area contributed by atoms with Crippen molar-refractivity contribution < 1.29 is 14.3 Å². The highest BCUT2D eigenvalue weighted by molar-refractivity contribution is 6.05. The smallest absolute Gasteiger partial charge is 0.258 e. The highest BCUT2D eigenvalue weighted by Crippen LogP contribution is 2.24. The predicted molar refractivity (Wildman–Crippen MR) is 134 cm³/mol. The van der Waals surface area contributed by atoms with Crippen molar-refractivity contribution in [1.29, 1.82) is 0 Å². The molecule has 7 nitrogen and oxygen atoms in total. The molecular formula is C27H28N4O3. The van der Waals surface area contributed by atoms with E-state index in [1.165, 1.54) is 0 Å². The van der Waals surface area contributed by atoms with Crippen LogP contribution < -0.4 is 15.0 Å². The van der Waals surface area contributed by atoms with Gasteiger partial charge in [-0.2, -0.15) is 5.10 Å². The maximum Gasteiger partial charge on any atom is 0.258 e. The minimum absolute atomic E-state index is 0.0701. The van der Waals surface area contributed by atoms with Gasteiger partial charge in [-0.05, 0) is 54.1 Å². The van der Waals surface area contributed by atoms with Gasteiger partial charge < -0.3 is 15.0 Å². The van der Waals surface area contributed by atoms with E-state index in [4.69, 9.17) is 4.74 Å². The summed E-state index contributed by atoms with van der Waals surface area (Å²) >= 11 is 0. The maximum absolute atomic E-state index is 12.9. The van der Waals surface area contributed by atoms with E-state index in [0.717, 1.165) is 27.9 Å². The zero-order valence-corrected chi connectivity index (χ0v) is 19.8. The molecule has 0 atom stereocenters. The van der Waals surface area contributed by atoms with Crippen molar-refractivity contribution in [2.24, 2.45) is 5.92 Å². The highest BCUT2D eigenvalue weighted by Gasteiger charge is 2.16. The fraction of sp³-hybridized carbons (Fsp3) is 0.222. The zero-order valence-electron chi connectivity index (χ0n) is 19.8. The lowest BCUT2D eigenvalue weighted by molar-refractivity contribution is -0.118. The Morgan fingerprint density at radius 1 is 1.00 bits per heavy atom. The lowest BCUT2D eigenvalue weighted by atomic mass is 10.1. The molecule has 0 radical (unpaired) electrons. The van der Waals surface area contributed by atoms with Crippen LogP contribution in [-0.2, 0) is 11.3 Å². The Morgan fingerprint density at radius 3 is 2.32 bits per heavy atom. The molecule has 174 valence electrons. The third-order valence-electron chi connectivity index (χ3n) is 5.72. The van der Waals surface area contributed by atoms with Crippen molar-refractivity contribution in [3.63, 3.8) is 0 Å². The van der Waals surface area contributed by atoms with Gasteiger partial charge in [0.2, 0.25) is 5.91 Å². The summed E-state index contributed by atoms with van der Waals surface area (Å²) in [6.07, 6.45) is 0. The van der Waals surface area contributed by atoms with Gasteiger partial charge in [0.05, 0.1) is 19.2 Å². The quantitative estimate of drug-likeness (QED) is 0.426. The molecule has 0 aliphatic rings. The van der Waals surface area contributed by atoms with Gasteiger partial charge in [-0.15, -0.1) is 0 Å². The van der Waals surface area contributed by atoms with Crippen molar-refractivity contribution in [1.82, 2.24) is 9.78 Å². The lowest BCUT2D eigenvalue weighted by Crippen LogP contribution is -2.26. The SMILES string of the molecule is COc1ccc(N(C)C(=O)c2ccc(Cn3nc(NC(=O)C(C)C)c4ccccc43)cc2)cc1. The Morgan fingerprint density at radius 2 is 1.68 bits per heavy atom. The predicted octanol–water partition coefficient (Wildman–Crippen LogP) is 4.96. The molecule has 4 rings (SSSR count). The fourth-order valence-corrected chi connectivity index (χ4v) is 3.64. The molecule has 0 unspecified atom stereocenters. The van der Waals surface area contributed by atoms with Gasteiger partial charge in [0.25, 0.3) is 5.91 Å². The Balaban J connectivity index is 1.52. The van der Waals surface area contributed by atoms with Crippen LogP contribution in [0.15, 0.2) is 72.8 Å². The minimum atomic E-state index is -0.134. The number of nitrogens with zero attached hydrogens (tertiary/aromatic N) is 3. The average molecular weight is 457 g/mol. The van der Waals surface area contributed by atoms with E-state index in [1.807, 2.05) is 91.3 Å². The molecule has 4 aromatic rings. The first-order valence-electron chi connectivity index (χ1n) is 11.1. The van der Waals surface area contributed by atoms with E-state index in [2.05, 4.69) is 10.4 Å². The Kier molecular flexibility index (Phi) is 6.63. The van der Waals surface area contributed by atoms with Crippen LogP contribution >= 0.6 is 0 Å². The summed E-state index contributed by atoms with van der Waals surface area (Å²) in [7, 11) is 3.36. The first-order chi connectivity index (χ1) is 16.4. The minimum Gasteiger partial charge on any atom is -0.497 e. The number of amides is 2. The molecule has 2 amide bonds. The number of aromatic nitrogens is 2. The Hall–Kier alpha value is -4.13. The number of methoxy groups -OCH3 is 1. The summed E-state index contributed by atoms with van der Waals surface area (Å²) in [5.41, 5.74) is 3.31. The summed E-state index contributed by atoms with van der Waals surface area (Å²) < 4.78 is 7.05. The molecule has 7 heteroatoms. The van der Waals surface area contributed by atoms with Crippen LogP contribution in [0.3, 0.4) is 0 Å². The molecular weight excluding hydrogens is 428 g/mol. The second-order valence-corrected chi connectivity index (χ2v) is 8.43. The zero-order chi connectivity index (χ0) is 24.2. The van der Waals surface area contributed by atoms with Crippen molar-refractivity contribution in [3.8, 4) is 5.75 Å². The molecule has 3 aromatic carbocycles. The van der Waals surface area contributed by atoms with Gasteiger partial charge >= 0.3 is 0 Å². The number of carbonyl (C=O) groups excluding carboxylic acids is 2. The van der Waals surface area contributed by atoms with Gasteiger partial charge in [-0.1, -0.05) is 38.1 Å². The normalized spacial score (nSPS) is 11.0. The first kappa shape index (κ1) is 23.0.